The molecule has 3 heteroatoms. The molecule has 2 rings (SSSR count). The summed E-state index contributed by atoms with van der Waals surface area (Å²) in [6.45, 7) is 3.28. The van der Waals surface area contributed by atoms with Crippen LogP contribution in [0.5, 0.6) is 0 Å². The second-order valence-electron chi connectivity index (χ2n) is 5.49. The van der Waals surface area contributed by atoms with Gasteiger partial charge >= 0.3 is 0 Å². The monoisotopic (exact) mass is 247 g/mol. The normalized spacial score (nSPS) is 23.9. The number of anilines is 1. The maximum atomic E-state index is 4.53. The Balaban J connectivity index is 2.11. The first-order valence-corrected chi connectivity index (χ1v) is 7.04. The summed E-state index contributed by atoms with van der Waals surface area (Å²) in [5.74, 6) is 1.89. The second-order valence-corrected chi connectivity index (χ2v) is 5.49. The molecule has 1 fully saturated rings. The minimum atomic E-state index is 0.649. The van der Waals surface area contributed by atoms with Crippen molar-refractivity contribution in [2.75, 3.05) is 19.0 Å². The van der Waals surface area contributed by atoms with E-state index in [0.717, 1.165) is 18.3 Å². The van der Waals surface area contributed by atoms with Gasteiger partial charge in [0, 0.05) is 25.8 Å². The highest BCUT2D eigenvalue weighted by molar-refractivity contribution is 5.41. The Morgan fingerprint density at radius 1 is 1.39 bits per heavy atom. The minimum absolute atomic E-state index is 0.649. The van der Waals surface area contributed by atoms with E-state index in [1.165, 1.54) is 31.2 Å². The van der Waals surface area contributed by atoms with Crippen LogP contribution in [-0.2, 0) is 6.54 Å². The molecule has 1 aliphatic carbocycles. The summed E-state index contributed by atoms with van der Waals surface area (Å²) < 4.78 is 0. The van der Waals surface area contributed by atoms with Gasteiger partial charge in [-0.15, -0.1) is 0 Å². The van der Waals surface area contributed by atoms with E-state index < -0.39 is 0 Å². The largest absolute Gasteiger partial charge is 0.356 e. The molecule has 1 aromatic rings. The highest BCUT2D eigenvalue weighted by atomic mass is 15.2. The van der Waals surface area contributed by atoms with Crippen molar-refractivity contribution in [3.05, 3.63) is 23.9 Å². The van der Waals surface area contributed by atoms with Crippen molar-refractivity contribution < 1.29 is 0 Å². The Bertz CT molecular complexity index is 378. The highest BCUT2D eigenvalue weighted by Crippen LogP contribution is 2.29. The number of rotatable bonds is 4. The standard InChI is InChI=1S/C15H25N3/c1-12-6-4-5-7-14(12)18(3)15-10-13(11-16-2)8-9-17-15/h8-10,12,14,16H,4-7,11H2,1-3H3. The zero-order valence-corrected chi connectivity index (χ0v) is 11.8. The third-order valence-corrected chi connectivity index (χ3v) is 4.12. The fraction of sp³-hybridized carbons (Fsp3) is 0.667. The molecule has 0 amide bonds. The number of pyridine rings is 1. The van der Waals surface area contributed by atoms with E-state index in [-0.39, 0.29) is 0 Å². The van der Waals surface area contributed by atoms with Crippen LogP contribution in [-0.4, -0.2) is 25.1 Å². The zero-order valence-electron chi connectivity index (χ0n) is 11.8. The molecule has 2 atom stereocenters. The van der Waals surface area contributed by atoms with Gasteiger partial charge in [0.15, 0.2) is 0 Å². The van der Waals surface area contributed by atoms with Crippen LogP contribution in [0.15, 0.2) is 18.3 Å². The first-order valence-electron chi connectivity index (χ1n) is 7.04. The number of hydrogen-bond acceptors (Lipinski definition) is 3. The molecule has 0 aromatic carbocycles. The van der Waals surface area contributed by atoms with Crippen molar-refractivity contribution in [2.24, 2.45) is 5.92 Å². The highest BCUT2D eigenvalue weighted by Gasteiger charge is 2.25. The van der Waals surface area contributed by atoms with Crippen LogP contribution in [0.25, 0.3) is 0 Å². The predicted molar refractivity (Wildman–Crippen MR) is 76.8 cm³/mol. The summed E-state index contributed by atoms with van der Waals surface area (Å²) in [6.07, 6.45) is 7.32. The van der Waals surface area contributed by atoms with Crippen molar-refractivity contribution in [1.29, 1.82) is 0 Å². The van der Waals surface area contributed by atoms with Gasteiger partial charge in [0.2, 0.25) is 0 Å². The Kier molecular flexibility index (Phi) is 4.59. The third-order valence-electron chi connectivity index (χ3n) is 4.12. The summed E-state index contributed by atoms with van der Waals surface area (Å²) in [6, 6.07) is 4.94. The fourth-order valence-corrected chi connectivity index (χ4v) is 3.01. The molecule has 0 spiro atoms. The molecule has 1 N–H and O–H groups in total. The quantitative estimate of drug-likeness (QED) is 0.887. The molecule has 0 saturated heterocycles. The van der Waals surface area contributed by atoms with Crippen molar-refractivity contribution in [1.82, 2.24) is 10.3 Å². The van der Waals surface area contributed by atoms with Crippen molar-refractivity contribution >= 4 is 5.82 Å². The molecule has 1 aromatic heterocycles. The zero-order chi connectivity index (χ0) is 13.0. The minimum Gasteiger partial charge on any atom is -0.356 e. The Labute approximate surface area is 111 Å². The van der Waals surface area contributed by atoms with Crippen LogP contribution in [0.4, 0.5) is 5.82 Å². The summed E-state index contributed by atoms with van der Waals surface area (Å²) in [5.41, 5.74) is 1.30. The van der Waals surface area contributed by atoms with Crippen molar-refractivity contribution in [3.8, 4) is 0 Å². The van der Waals surface area contributed by atoms with Gasteiger partial charge in [-0.1, -0.05) is 19.8 Å². The molecule has 0 aliphatic heterocycles. The average molecular weight is 247 g/mol. The van der Waals surface area contributed by atoms with Gasteiger partial charge in [-0.05, 0) is 43.5 Å². The Hall–Kier alpha value is -1.09. The number of aromatic nitrogens is 1. The summed E-state index contributed by atoms with van der Waals surface area (Å²) in [7, 11) is 4.17. The number of hydrogen-bond donors (Lipinski definition) is 1. The maximum absolute atomic E-state index is 4.53. The lowest BCUT2D eigenvalue weighted by atomic mass is 9.85. The first kappa shape index (κ1) is 13.3. The SMILES string of the molecule is CNCc1ccnc(N(C)C2CCCCC2C)c1. The van der Waals surface area contributed by atoms with Crippen LogP contribution < -0.4 is 10.2 Å². The van der Waals surface area contributed by atoms with Gasteiger partial charge in [-0.3, -0.25) is 0 Å². The van der Waals surface area contributed by atoms with Gasteiger partial charge in [0.1, 0.15) is 5.82 Å². The van der Waals surface area contributed by atoms with Crippen LogP contribution >= 0.6 is 0 Å². The fourth-order valence-electron chi connectivity index (χ4n) is 3.01. The molecule has 100 valence electrons. The van der Waals surface area contributed by atoms with E-state index in [0.29, 0.717) is 6.04 Å². The molecular formula is C15H25N3. The molecule has 3 nitrogen and oxygen atoms in total. The lowest BCUT2D eigenvalue weighted by Crippen LogP contribution is -2.39. The topological polar surface area (TPSA) is 28.2 Å². The van der Waals surface area contributed by atoms with E-state index in [9.17, 15) is 0 Å². The van der Waals surface area contributed by atoms with Gasteiger partial charge in [0.25, 0.3) is 0 Å². The molecule has 2 unspecified atom stereocenters. The lowest BCUT2D eigenvalue weighted by Gasteiger charge is -2.37. The second kappa shape index (κ2) is 6.19. The maximum Gasteiger partial charge on any atom is 0.128 e. The third kappa shape index (κ3) is 3.02. The van der Waals surface area contributed by atoms with E-state index in [1.54, 1.807) is 0 Å². The molecule has 0 radical (unpaired) electrons. The molecule has 18 heavy (non-hydrogen) atoms. The van der Waals surface area contributed by atoms with Crippen LogP contribution in [0, 0.1) is 5.92 Å². The van der Waals surface area contributed by atoms with Gasteiger partial charge < -0.3 is 10.2 Å². The van der Waals surface area contributed by atoms with E-state index in [4.69, 9.17) is 0 Å². The van der Waals surface area contributed by atoms with E-state index in [1.807, 2.05) is 13.2 Å². The molecule has 1 aliphatic rings. The van der Waals surface area contributed by atoms with Crippen molar-refractivity contribution in [3.63, 3.8) is 0 Å². The molecule has 1 heterocycles. The van der Waals surface area contributed by atoms with E-state index >= 15 is 0 Å². The summed E-state index contributed by atoms with van der Waals surface area (Å²) >= 11 is 0. The van der Waals surface area contributed by atoms with Gasteiger partial charge in [-0.2, -0.15) is 0 Å². The summed E-state index contributed by atoms with van der Waals surface area (Å²) in [5, 5.41) is 3.19. The lowest BCUT2D eigenvalue weighted by molar-refractivity contribution is 0.320. The molecular weight excluding hydrogens is 222 g/mol. The number of nitrogens with one attached hydrogen (secondary N) is 1. The smallest absolute Gasteiger partial charge is 0.128 e. The predicted octanol–water partition coefficient (Wildman–Crippen LogP) is 2.82. The van der Waals surface area contributed by atoms with Gasteiger partial charge in [-0.25, -0.2) is 4.98 Å². The first-order chi connectivity index (χ1) is 8.72. The Morgan fingerprint density at radius 2 is 2.17 bits per heavy atom. The van der Waals surface area contributed by atoms with Crippen LogP contribution in [0.1, 0.15) is 38.2 Å². The average Bonchev–Trinajstić information content (AvgIpc) is 2.39. The molecule has 0 bridgehead atoms. The van der Waals surface area contributed by atoms with E-state index in [2.05, 4.69) is 41.3 Å². The van der Waals surface area contributed by atoms with Crippen molar-refractivity contribution in [2.45, 2.75) is 45.2 Å². The van der Waals surface area contributed by atoms with Gasteiger partial charge in [0.05, 0.1) is 0 Å². The summed E-state index contributed by atoms with van der Waals surface area (Å²) in [4.78, 5) is 6.91. The Morgan fingerprint density at radius 3 is 2.89 bits per heavy atom. The van der Waals surface area contributed by atoms with Crippen LogP contribution in [0.2, 0.25) is 0 Å². The molecule has 1 saturated carbocycles. The number of nitrogens with zero attached hydrogens (tertiary/aromatic N) is 2. The van der Waals surface area contributed by atoms with Crippen LogP contribution in [0.3, 0.4) is 0 Å².